The van der Waals surface area contributed by atoms with Gasteiger partial charge in [-0.2, -0.15) is 20.2 Å². The zero-order valence-corrected chi connectivity index (χ0v) is 14.2. The van der Waals surface area contributed by atoms with E-state index in [-0.39, 0.29) is 17.9 Å². The van der Waals surface area contributed by atoms with Crippen LogP contribution in [0.4, 0.5) is 5.69 Å². The van der Waals surface area contributed by atoms with E-state index < -0.39 is 5.66 Å². The molecule has 0 radical (unpaired) electrons. The molecule has 0 bridgehead atoms. The second-order valence-electron chi connectivity index (χ2n) is 6.99. The van der Waals surface area contributed by atoms with Gasteiger partial charge < -0.3 is 0 Å². The number of fused-ring (bicyclic) bond motifs is 2. The van der Waals surface area contributed by atoms with Gasteiger partial charge in [-0.3, -0.25) is 9.59 Å². The van der Waals surface area contributed by atoms with E-state index >= 15 is 0 Å². The fraction of sp³-hybridized carbons (Fsp3) is 0.300. The van der Waals surface area contributed by atoms with Crippen molar-refractivity contribution in [2.24, 2.45) is 10.2 Å². The van der Waals surface area contributed by atoms with Gasteiger partial charge in [-0.1, -0.05) is 36.8 Å². The van der Waals surface area contributed by atoms with Gasteiger partial charge in [0, 0.05) is 0 Å². The second-order valence-corrected chi connectivity index (χ2v) is 6.99. The Morgan fingerprint density at radius 1 is 0.885 bits per heavy atom. The average molecular weight is 346 g/mol. The van der Waals surface area contributed by atoms with Crippen LogP contribution in [0.2, 0.25) is 0 Å². The third kappa shape index (κ3) is 2.08. The zero-order valence-electron chi connectivity index (χ0n) is 14.2. The van der Waals surface area contributed by atoms with Crippen molar-refractivity contribution in [1.29, 1.82) is 0 Å². The van der Waals surface area contributed by atoms with Crippen LogP contribution in [0.3, 0.4) is 0 Å². The highest BCUT2D eigenvalue weighted by molar-refractivity contribution is 6.21. The van der Waals surface area contributed by atoms with Crippen LogP contribution in [0.5, 0.6) is 0 Å². The Hall–Kier alpha value is -2.86. The normalized spacial score (nSPS) is 29.8. The number of nitrogens with zero attached hydrogens (tertiary/aromatic N) is 4. The van der Waals surface area contributed by atoms with Gasteiger partial charge >= 0.3 is 0 Å². The lowest BCUT2D eigenvalue weighted by atomic mass is 9.96. The number of benzene rings is 2. The Kier molecular flexibility index (Phi) is 3.30. The van der Waals surface area contributed by atoms with Gasteiger partial charge in [-0.05, 0) is 43.5 Å². The van der Waals surface area contributed by atoms with Crippen molar-refractivity contribution in [2.75, 3.05) is 0 Å². The smallest absolute Gasteiger partial charge is 0.267 e. The molecule has 2 amide bonds. The standard InChI is InChI=1S/C20H18N4O2/c25-18-15-10-4-5-11-16(15)19(26)23(18)24-17-12-6-7-13-20(17,24)22-21-14-8-2-1-3-9-14/h1-5,8-11,17H,6-7,12-13H2/t17-,20+,24?/m0/s1. The largest absolute Gasteiger partial charge is 0.276 e. The Labute approximate surface area is 151 Å². The summed E-state index contributed by atoms with van der Waals surface area (Å²) in [6.07, 6.45) is 3.82. The zero-order chi connectivity index (χ0) is 17.7. The van der Waals surface area contributed by atoms with Gasteiger partial charge in [-0.15, -0.1) is 0 Å². The summed E-state index contributed by atoms with van der Waals surface area (Å²) in [5, 5.41) is 12.2. The molecule has 1 saturated heterocycles. The number of hydrazine groups is 1. The van der Waals surface area contributed by atoms with Crippen LogP contribution in [0.1, 0.15) is 46.4 Å². The molecule has 6 heteroatoms. The maximum Gasteiger partial charge on any atom is 0.276 e. The van der Waals surface area contributed by atoms with E-state index in [1.807, 2.05) is 35.3 Å². The Bertz CT molecular complexity index is 891. The lowest BCUT2D eigenvalue weighted by molar-refractivity contribution is 0.0290. The van der Waals surface area contributed by atoms with Gasteiger partial charge in [0.15, 0.2) is 5.66 Å². The lowest BCUT2D eigenvalue weighted by Crippen LogP contribution is -2.39. The van der Waals surface area contributed by atoms with Crippen LogP contribution >= 0.6 is 0 Å². The first-order chi connectivity index (χ1) is 12.7. The van der Waals surface area contributed by atoms with E-state index in [0.29, 0.717) is 11.1 Å². The fourth-order valence-electron chi connectivity index (χ4n) is 4.21. The molecule has 2 aromatic rings. The van der Waals surface area contributed by atoms with E-state index in [2.05, 4.69) is 10.2 Å². The monoisotopic (exact) mass is 346 g/mol. The quantitative estimate of drug-likeness (QED) is 0.480. The summed E-state index contributed by atoms with van der Waals surface area (Å²) in [4.78, 5) is 25.7. The number of carbonyl (C=O) groups excluding carboxylic acids is 2. The minimum absolute atomic E-state index is 0.0610. The molecule has 2 aromatic carbocycles. The van der Waals surface area contributed by atoms with E-state index in [4.69, 9.17) is 0 Å². The first kappa shape index (κ1) is 15.4. The number of hydrogen-bond acceptors (Lipinski definition) is 5. The average Bonchev–Trinajstić information content (AvgIpc) is 3.28. The molecule has 3 atom stereocenters. The summed E-state index contributed by atoms with van der Waals surface area (Å²) in [6.45, 7) is 0. The fourth-order valence-corrected chi connectivity index (χ4v) is 4.21. The van der Waals surface area contributed by atoms with Gasteiger partial charge in [0.2, 0.25) is 0 Å². The molecular weight excluding hydrogens is 328 g/mol. The lowest BCUT2D eigenvalue weighted by Gasteiger charge is -2.19. The molecule has 0 spiro atoms. The molecule has 2 aliphatic heterocycles. The van der Waals surface area contributed by atoms with Crippen LogP contribution in [0.25, 0.3) is 0 Å². The maximum atomic E-state index is 12.8. The van der Waals surface area contributed by atoms with Crippen LogP contribution in [-0.2, 0) is 0 Å². The van der Waals surface area contributed by atoms with Gasteiger partial charge in [0.25, 0.3) is 11.8 Å². The Balaban J connectivity index is 1.49. The van der Waals surface area contributed by atoms with Crippen molar-refractivity contribution in [2.45, 2.75) is 37.4 Å². The summed E-state index contributed by atoms with van der Waals surface area (Å²) >= 11 is 0. The minimum atomic E-state index is -0.568. The molecule has 6 nitrogen and oxygen atoms in total. The molecule has 130 valence electrons. The van der Waals surface area contributed by atoms with Gasteiger partial charge in [0.1, 0.15) is 0 Å². The number of carbonyl (C=O) groups is 2. The number of imide groups is 1. The number of azo groups is 1. The summed E-state index contributed by atoms with van der Waals surface area (Å²) in [5.41, 5.74) is 1.15. The van der Waals surface area contributed by atoms with Crippen LogP contribution in [0.15, 0.2) is 64.8 Å². The number of rotatable bonds is 3. The third-order valence-corrected chi connectivity index (χ3v) is 5.51. The minimum Gasteiger partial charge on any atom is -0.267 e. The van der Waals surface area contributed by atoms with Crippen molar-refractivity contribution >= 4 is 17.5 Å². The topological polar surface area (TPSA) is 65.1 Å². The van der Waals surface area contributed by atoms with Crippen LogP contribution in [0, 0.1) is 0 Å². The number of amides is 2. The molecule has 1 unspecified atom stereocenters. The summed E-state index contributed by atoms with van der Waals surface area (Å²) in [6, 6.07) is 16.6. The second kappa shape index (κ2) is 5.57. The molecular formula is C20H18N4O2. The SMILES string of the molecule is O=C1c2ccccc2C(=O)N1N1[C@H]2CCCC[C@]21N=Nc1ccccc1. The molecule has 1 saturated carbocycles. The highest BCUT2D eigenvalue weighted by Crippen LogP contribution is 2.54. The Morgan fingerprint density at radius 2 is 1.54 bits per heavy atom. The van der Waals surface area contributed by atoms with E-state index in [1.165, 1.54) is 5.01 Å². The molecule has 0 aromatic heterocycles. The molecule has 2 heterocycles. The first-order valence-corrected chi connectivity index (χ1v) is 8.97. The van der Waals surface area contributed by atoms with Crippen molar-refractivity contribution in [3.8, 4) is 0 Å². The predicted molar refractivity (Wildman–Crippen MR) is 94.7 cm³/mol. The van der Waals surface area contributed by atoms with Gasteiger partial charge in [0.05, 0.1) is 22.9 Å². The third-order valence-electron chi connectivity index (χ3n) is 5.51. The molecule has 0 N–H and O–H groups in total. The molecule has 1 aliphatic carbocycles. The predicted octanol–water partition coefficient (Wildman–Crippen LogP) is 3.94. The molecule has 2 fully saturated rings. The van der Waals surface area contributed by atoms with Crippen LogP contribution in [-0.4, -0.2) is 33.5 Å². The molecule has 5 rings (SSSR count). The highest BCUT2D eigenvalue weighted by Gasteiger charge is 2.70. The van der Waals surface area contributed by atoms with Crippen molar-refractivity contribution in [3.63, 3.8) is 0 Å². The van der Waals surface area contributed by atoms with E-state index in [0.717, 1.165) is 31.4 Å². The Morgan fingerprint density at radius 3 is 2.23 bits per heavy atom. The molecule has 3 aliphatic rings. The van der Waals surface area contributed by atoms with Crippen molar-refractivity contribution < 1.29 is 9.59 Å². The van der Waals surface area contributed by atoms with Crippen LogP contribution < -0.4 is 0 Å². The first-order valence-electron chi connectivity index (χ1n) is 8.97. The maximum absolute atomic E-state index is 12.8. The number of hydrogen-bond donors (Lipinski definition) is 0. The summed E-state index contributed by atoms with van der Waals surface area (Å²) in [5.74, 6) is -0.511. The van der Waals surface area contributed by atoms with Crippen molar-refractivity contribution in [1.82, 2.24) is 10.0 Å². The van der Waals surface area contributed by atoms with Gasteiger partial charge in [-0.25, -0.2) is 0 Å². The van der Waals surface area contributed by atoms with E-state index in [9.17, 15) is 9.59 Å². The highest BCUT2D eigenvalue weighted by atomic mass is 16.2. The summed E-state index contributed by atoms with van der Waals surface area (Å²) < 4.78 is 0. The summed E-state index contributed by atoms with van der Waals surface area (Å²) in [7, 11) is 0. The van der Waals surface area contributed by atoms with Crippen molar-refractivity contribution in [3.05, 3.63) is 65.7 Å². The van der Waals surface area contributed by atoms with E-state index in [1.54, 1.807) is 24.3 Å². The molecule has 26 heavy (non-hydrogen) atoms.